The average molecular weight is 393 g/mol. The molecule has 4 N–H and O–H groups in total. The largest absolute Gasteiger partial charge is 0.497 e. The Balaban J connectivity index is 1.89. The predicted octanol–water partition coefficient (Wildman–Crippen LogP) is 2.59. The van der Waals surface area contributed by atoms with Crippen LogP contribution in [0.4, 0.5) is 17.2 Å². The molecule has 0 saturated carbocycles. The molecular weight excluding hydrogens is 374 g/mol. The van der Waals surface area contributed by atoms with Gasteiger partial charge < -0.3 is 25.8 Å². The Hall–Kier alpha value is -4.14. The standard InChI is InChI=1S/C20H19N5O4/c1-28-14-8-13(9-15(10-14)29-2)24-20(27)19-22-11-16(17(21)26)18(25-19)23-12-6-4-3-5-7-12/h3-11H,1-2H3,(H2,21,26)(H,24,27)(H,22,23,25). The zero-order valence-electron chi connectivity index (χ0n) is 15.8. The summed E-state index contributed by atoms with van der Waals surface area (Å²) in [6, 6.07) is 14.0. The SMILES string of the molecule is COc1cc(NC(=O)c2ncc(C(N)=O)c(Nc3ccccc3)n2)cc(OC)c1. The van der Waals surface area contributed by atoms with Gasteiger partial charge in [-0.3, -0.25) is 9.59 Å². The highest BCUT2D eigenvalue weighted by Crippen LogP contribution is 2.26. The number of para-hydroxylation sites is 1. The molecule has 0 spiro atoms. The van der Waals surface area contributed by atoms with Crippen LogP contribution >= 0.6 is 0 Å². The van der Waals surface area contributed by atoms with Gasteiger partial charge in [0.15, 0.2) is 0 Å². The second kappa shape index (κ2) is 8.70. The molecule has 9 nitrogen and oxygen atoms in total. The second-order valence-corrected chi connectivity index (χ2v) is 5.87. The van der Waals surface area contributed by atoms with E-state index in [-0.39, 0.29) is 17.2 Å². The predicted molar refractivity (Wildman–Crippen MR) is 108 cm³/mol. The van der Waals surface area contributed by atoms with Gasteiger partial charge in [-0.2, -0.15) is 0 Å². The first-order valence-corrected chi connectivity index (χ1v) is 8.53. The first-order valence-electron chi connectivity index (χ1n) is 8.53. The van der Waals surface area contributed by atoms with Crippen LogP contribution in [0.15, 0.2) is 54.7 Å². The molecule has 1 aromatic heterocycles. The van der Waals surface area contributed by atoms with E-state index < -0.39 is 11.8 Å². The zero-order chi connectivity index (χ0) is 20.8. The summed E-state index contributed by atoms with van der Waals surface area (Å²) in [6.07, 6.45) is 1.21. The molecule has 29 heavy (non-hydrogen) atoms. The van der Waals surface area contributed by atoms with Gasteiger partial charge in [-0.05, 0) is 12.1 Å². The molecule has 2 aromatic carbocycles. The highest BCUT2D eigenvalue weighted by Gasteiger charge is 2.17. The van der Waals surface area contributed by atoms with E-state index in [1.54, 1.807) is 30.3 Å². The summed E-state index contributed by atoms with van der Waals surface area (Å²) >= 11 is 0. The number of nitrogens with two attached hydrogens (primary N) is 1. The number of nitrogens with one attached hydrogen (secondary N) is 2. The van der Waals surface area contributed by atoms with Crippen LogP contribution in [0.25, 0.3) is 0 Å². The highest BCUT2D eigenvalue weighted by molar-refractivity contribution is 6.03. The van der Waals surface area contributed by atoms with Crippen molar-refractivity contribution in [3.8, 4) is 11.5 Å². The lowest BCUT2D eigenvalue weighted by atomic mass is 10.2. The van der Waals surface area contributed by atoms with E-state index in [1.165, 1.54) is 20.4 Å². The van der Waals surface area contributed by atoms with E-state index in [0.717, 1.165) is 0 Å². The molecule has 9 heteroatoms. The molecule has 2 amide bonds. The van der Waals surface area contributed by atoms with E-state index in [4.69, 9.17) is 15.2 Å². The Morgan fingerprint density at radius 1 is 0.966 bits per heavy atom. The topological polar surface area (TPSA) is 128 Å². The smallest absolute Gasteiger partial charge is 0.293 e. The summed E-state index contributed by atoms with van der Waals surface area (Å²) in [4.78, 5) is 32.5. The number of rotatable bonds is 7. The van der Waals surface area contributed by atoms with Gasteiger partial charge in [0.2, 0.25) is 5.82 Å². The Labute approximate surface area is 166 Å². The Morgan fingerprint density at radius 2 is 1.62 bits per heavy atom. The number of methoxy groups -OCH3 is 2. The van der Waals surface area contributed by atoms with Gasteiger partial charge in [0.05, 0.1) is 14.2 Å². The van der Waals surface area contributed by atoms with E-state index in [9.17, 15) is 9.59 Å². The lowest BCUT2D eigenvalue weighted by Crippen LogP contribution is -2.20. The number of benzene rings is 2. The summed E-state index contributed by atoms with van der Waals surface area (Å²) in [5.74, 6) is -0.283. The number of carbonyl (C=O) groups is 2. The second-order valence-electron chi connectivity index (χ2n) is 5.87. The van der Waals surface area contributed by atoms with Crippen LogP contribution in [0, 0.1) is 0 Å². The molecule has 0 aliphatic heterocycles. The molecule has 3 rings (SSSR count). The summed E-state index contributed by atoms with van der Waals surface area (Å²) < 4.78 is 10.4. The minimum absolute atomic E-state index is 0.0634. The van der Waals surface area contributed by atoms with Crippen molar-refractivity contribution in [2.45, 2.75) is 0 Å². The third kappa shape index (κ3) is 4.78. The average Bonchev–Trinajstić information content (AvgIpc) is 2.73. The minimum atomic E-state index is -0.715. The summed E-state index contributed by atoms with van der Waals surface area (Å²) in [5, 5.41) is 5.66. The number of ether oxygens (including phenoxy) is 2. The van der Waals surface area contributed by atoms with Gasteiger partial charge in [-0.15, -0.1) is 0 Å². The van der Waals surface area contributed by atoms with Crippen molar-refractivity contribution < 1.29 is 19.1 Å². The fourth-order valence-electron chi connectivity index (χ4n) is 2.49. The van der Waals surface area contributed by atoms with Gasteiger partial charge in [0, 0.05) is 35.8 Å². The van der Waals surface area contributed by atoms with Crippen LogP contribution in [0.5, 0.6) is 11.5 Å². The van der Waals surface area contributed by atoms with Crippen molar-refractivity contribution in [1.82, 2.24) is 9.97 Å². The molecule has 0 atom stereocenters. The van der Waals surface area contributed by atoms with Crippen LogP contribution in [0.2, 0.25) is 0 Å². The first kappa shape index (κ1) is 19.6. The number of hydrogen-bond acceptors (Lipinski definition) is 7. The molecule has 0 fully saturated rings. The van der Waals surface area contributed by atoms with E-state index >= 15 is 0 Å². The minimum Gasteiger partial charge on any atom is -0.497 e. The molecular formula is C20H19N5O4. The number of hydrogen-bond donors (Lipinski definition) is 3. The van der Waals surface area contributed by atoms with E-state index in [1.807, 2.05) is 18.2 Å². The molecule has 1 heterocycles. The zero-order valence-corrected chi connectivity index (χ0v) is 15.8. The van der Waals surface area contributed by atoms with Crippen LogP contribution < -0.4 is 25.8 Å². The number of anilines is 3. The van der Waals surface area contributed by atoms with Gasteiger partial charge in [-0.25, -0.2) is 9.97 Å². The maximum absolute atomic E-state index is 12.6. The lowest BCUT2D eigenvalue weighted by molar-refractivity contribution is 0.0991. The molecule has 3 aromatic rings. The van der Waals surface area contributed by atoms with Gasteiger partial charge in [0.25, 0.3) is 11.8 Å². The van der Waals surface area contributed by atoms with Gasteiger partial charge >= 0.3 is 0 Å². The van der Waals surface area contributed by atoms with Crippen LogP contribution in [-0.4, -0.2) is 36.0 Å². The number of nitrogens with zero attached hydrogens (tertiary/aromatic N) is 2. The summed E-state index contributed by atoms with van der Waals surface area (Å²) in [5.41, 5.74) is 6.57. The molecule has 0 saturated heterocycles. The van der Waals surface area contributed by atoms with Gasteiger partial charge in [-0.1, -0.05) is 18.2 Å². The Kier molecular flexibility index (Phi) is 5.88. The first-order chi connectivity index (χ1) is 14.0. The number of aromatic nitrogens is 2. The molecule has 0 aliphatic rings. The number of carbonyl (C=O) groups excluding carboxylic acids is 2. The maximum atomic E-state index is 12.6. The third-order valence-corrected chi connectivity index (χ3v) is 3.90. The lowest BCUT2D eigenvalue weighted by Gasteiger charge is -2.12. The van der Waals surface area contributed by atoms with Crippen LogP contribution in [0.3, 0.4) is 0 Å². The van der Waals surface area contributed by atoms with Crippen LogP contribution in [0.1, 0.15) is 21.0 Å². The van der Waals surface area contributed by atoms with E-state index in [2.05, 4.69) is 20.6 Å². The van der Waals surface area contributed by atoms with Crippen molar-refractivity contribution in [3.63, 3.8) is 0 Å². The van der Waals surface area contributed by atoms with Crippen molar-refractivity contribution in [3.05, 3.63) is 66.1 Å². The third-order valence-electron chi connectivity index (χ3n) is 3.90. The number of primary amides is 1. The quantitative estimate of drug-likeness (QED) is 0.563. The molecule has 0 radical (unpaired) electrons. The molecule has 0 unspecified atom stereocenters. The Morgan fingerprint density at radius 3 is 2.21 bits per heavy atom. The summed E-state index contributed by atoms with van der Waals surface area (Å²) in [6.45, 7) is 0. The monoisotopic (exact) mass is 393 g/mol. The molecule has 148 valence electrons. The van der Waals surface area contributed by atoms with Crippen LogP contribution in [-0.2, 0) is 0 Å². The van der Waals surface area contributed by atoms with E-state index in [0.29, 0.717) is 22.9 Å². The van der Waals surface area contributed by atoms with Gasteiger partial charge in [0.1, 0.15) is 22.9 Å². The molecule has 0 aliphatic carbocycles. The Bertz CT molecular complexity index is 1020. The molecule has 0 bridgehead atoms. The maximum Gasteiger partial charge on any atom is 0.293 e. The number of amides is 2. The normalized spacial score (nSPS) is 10.1. The fourth-order valence-corrected chi connectivity index (χ4v) is 2.49. The van der Waals surface area contributed by atoms with Crippen molar-refractivity contribution in [2.24, 2.45) is 5.73 Å². The van der Waals surface area contributed by atoms with Crippen molar-refractivity contribution >= 4 is 29.0 Å². The van der Waals surface area contributed by atoms with Crippen molar-refractivity contribution in [2.75, 3.05) is 24.9 Å². The van der Waals surface area contributed by atoms with Crippen molar-refractivity contribution in [1.29, 1.82) is 0 Å². The highest BCUT2D eigenvalue weighted by atomic mass is 16.5. The summed E-state index contributed by atoms with van der Waals surface area (Å²) in [7, 11) is 3.02. The fraction of sp³-hybridized carbons (Fsp3) is 0.100.